The van der Waals surface area contributed by atoms with Crippen molar-refractivity contribution in [2.45, 2.75) is 12.8 Å². The van der Waals surface area contributed by atoms with Crippen LogP contribution in [0.1, 0.15) is 32.7 Å². The van der Waals surface area contributed by atoms with Crippen LogP contribution in [0.3, 0.4) is 0 Å². The Hall–Kier alpha value is -3.15. The molecule has 0 fully saturated rings. The molecule has 0 amide bonds. The summed E-state index contributed by atoms with van der Waals surface area (Å²) in [4.78, 5) is 27.2. The molecule has 5 N–H and O–H groups in total. The van der Waals surface area contributed by atoms with Crippen LogP contribution in [-0.2, 0) is 6.42 Å². The zero-order valence-electron chi connectivity index (χ0n) is 12.2. The molecule has 2 aromatic carbocycles. The molecule has 0 saturated carbocycles. The molecule has 0 atom stereocenters. The summed E-state index contributed by atoms with van der Waals surface area (Å²) in [5.74, 6) is -1.01. The smallest absolute Gasteiger partial charge is 0.336 e. The third-order valence-electron chi connectivity index (χ3n) is 3.83. The second-order valence-electron chi connectivity index (χ2n) is 5.37. The molecule has 0 heterocycles. The van der Waals surface area contributed by atoms with Crippen molar-refractivity contribution in [2.24, 2.45) is 16.5 Å². The topological polar surface area (TPSA) is 119 Å². The highest BCUT2D eigenvalue weighted by Crippen LogP contribution is 2.32. The molecular weight excluding hydrogens is 294 g/mol. The number of aliphatic imine (C=N–C) groups is 1. The van der Waals surface area contributed by atoms with Gasteiger partial charge in [-0.25, -0.2) is 9.79 Å². The fraction of sp³-hybridized carbons (Fsp3) is 0.118. The summed E-state index contributed by atoms with van der Waals surface area (Å²) in [6.45, 7) is 0. The average Bonchev–Trinajstić information content (AvgIpc) is 2.87. The molecule has 1 aliphatic rings. The van der Waals surface area contributed by atoms with Crippen molar-refractivity contribution in [3.8, 4) is 11.1 Å². The number of fused-ring (bicyclic) bond motifs is 1. The highest BCUT2D eigenvalue weighted by Gasteiger charge is 2.21. The zero-order valence-corrected chi connectivity index (χ0v) is 12.2. The lowest BCUT2D eigenvalue weighted by molar-refractivity contribution is 0.0697. The second-order valence-corrected chi connectivity index (χ2v) is 5.37. The van der Waals surface area contributed by atoms with E-state index in [4.69, 9.17) is 11.5 Å². The maximum Gasteiger partial charge on any atom is 0.336 e. The van der Waals surface area contributed by atoms with Crippen molar-refractivity contribution in [2.75, 3.05) is 0 Å². The van der Waals surface area contributed by atoms with E-state index in [1.165, 1.54) is 6.07 Å². The number of nitrogens with two attached hydrogens (primary N) is 2. The van der Waals surface area contributed by atoms with Crippen molar-refractivity contribution < 1.29 is 14.7 Å². The van der Waals surface area contributed by atoms with Crippen molar-refractivity contribution in [3.05, 3.63) is 53.1 Å². The minimum Gasteiger partial charge on any atom is -0.478 e. The Morgan fingerprint density at radius 2 is 1.83 bits per heavy atom. The number of ketones is 1. The largest absolute Gasteiger partial charge is 0.478 e. The van der Waals surface area contributed by atoms with Crippen LogP contribution >= 0.6 is 0 Å². The van der Waals surface area contributed by atoms with E-state index in [0.29, 0.717) is 29.7 Å². The van der Waals surface area contributed by atoms with E-state index in [0.717, 1.165) is 11.1 Å². The minimum atomic E-state index is -1.03. The number of guanidine groups is 1. The van der Waals surface area contributed by atoms with E-state index in [9.17, 15) is 14.7 Å². The molecule has 6 heteroatoms. The molecule has 0 aromatic heterocycles. The van der Waals surface area contributed by atoms with Crippen molar-refractivity contribution >= 4 is 23.4 Å². The Morgan fingerprint density at radius 1 is 1.04 bits per heavy atom. The average molecular weight is 309 g/mol. The lowest BCUT2D eigenvalue weighted by Crippen LogP contribution is -2.21. The summed E-state index contributed by atoms with van der Waals surface area (Å²) in [5, 5.41) is 9.40. The highest BCUT2D eigenvalue weighted by molar-refractivity contribution is 6.02. The van der Waals surface area contributed by atoms with E-state index in [2.05, 4.69) is 4.99 Å². The summed E-state index contributed by atoms with van der Waals surface area (Å²) in [7, 11) is 0. The molecule has 0 aliphatic heterocycles. The van der Waals surface area contributed by atoms with Gasteiger partial charge in [0.2, 0.25) is 0 Å². The number of nitrogens with zero attached hydrogens (tertiary/aromatic N) is 1. The molecule has 3 rings (SSSR count). The van der Waals surface area contributed by atoms with E-state index in [-0.39, 0.29) is 17.3 Å². The van der Waals surface area contributed by atoms with E-state index < -0.39 is 5.97 Å². The third kappa shape index (κ3) is 2.78. The fourth-order valence-corrected chi connectivity index (χ4v) is 2.80. The van der Waals surface area contributed by atoms with Gasteiger partial charge in [-0.1, -0.05) is 18.2 Å². The number of carboxylic acid groups (broad SMARTS) is 1. The molecule has 0 saturated heterocycles. The van der Waals surface area contributed by atoms with Crippen LogP contribution in [0.15, 0.2) is 41.4 Å². The first-order valence-corrected chi connectivity index (χ1v) is 7.09. The van der Waals surface area contributed by atoms with Crippen LogP contribution in [-0.4, -0.2) is 22.8 Å². The quantitative estimate of drug-likeness (QED) is 0.592. The van der Waals surface area contributed by atoms with Gasteiger partial charge in [-0.15, -0.1) is 0 Å². The van der Waals surface area contributed by atoms with E-state index >= 15 is 0 Å². The number of hydrogen-bond acceptors (Lipinski definition) is 3. The Morgan fingerprint density at radius 3 is 2.52 bits per heavy atom. The van der Waals surface area contributed by atoms with Gasteiger partial charge in [-0.3, -0.25) is 4.79 Å². The number of carbonyl (C=O) groups excluding carboxylic acids is 1. The van der Waals surface area contributed by atoms with Gasteiger partial charge in [0.05, 0.1) is 11.3 Å². The number of Topliss-reactive ketones (excluding diaryl/α,β-unsaturated/α-hetero) is 1. The standard InChI is InChI=1S/C17H15N3O3/c18-17(19)20-11-3-5-13(16(22)23)14(8-11)10-1-4-12-9(7-10)2-6-15(12)21/h1,3-5,7-8H,2,6H2,(H,22,23)(H4,18,19,20). The number of rotatable bonds is 3. The van der Waals surface area contributed by atoms with Crippen molar-refractivity contribution in [1.82, 2.24) is 0 Å². The van der Waals surface area contributed by atoms with Gasteiger partial charge in [0, 0.05) is 12.0 Å². The predicted molar refractivity (Wildman–Crippen MR) is 87.0 cm³/mol. The van der Waals surface area contributed by atoms with Crippen LogP contribution in [0.2, 0.25) is 0 Å². The molecule has 116 valence electrons. The second kappa shape index (κ2) is 5.57. The number of hydrogen-bond donors (Lipinski definition) is 3. The monoisotopic (exact) mass is 309 g/mol. The lowest BCUT2D eigenvalue weighted by Gasteiger charge is -2.09. The first-order valence-electron chi connectivity index (χ1n) is 7.09. The number of carboxylic acids is 1. The van der Waals surface area contributed by atoms with Gasteiger partial charge < -0.3 is 16.6 Å². The van der Waals surface area contributed by atoms with Gasteiger partial charge in [0.1, 0.15) is 0 Å². The lowest BCUT2D eigenvalue weighted by atomic mass is 9.96. The predicted octanol–water partition coefficient (Wildman–Crippen LogP) is 2.09. The number of aromatic carboxylic acids is 1. The summed E-state index contributed by atoms with van der Waals surface area (Å²) < 4.78 is 0. The molecule has 6 nitrogen and oxygen atoms in total. The Kier molecular flexibility index (Phi) is 3.57. The van der Waals surface area contributed by atoms with Crippen molar-refractivity contribution in [3.63, 3.8) is 0 Å². The number of carbonyl (C=O) groups is 2. The van der Waals surface area contributed by atoms with Gasteiger partial charge in [-0.05, 0) is 41.3 Å². The summed E-state index contributed by atoms with van der Waals surface area (Å²) in [5.41, 5.74) is 14.3. The Bertz CT molecular complexity index is 852. The Balaban J connectivity index is 2.16. The zero-order chi connectivity index (χ0) is 16.6. The van der Waals surface area contributed by atoms with Crippen LogP contribution in [0.4, 0.5) is 5.69 Å². The van der Waals surface area contributed by atoms with Gasteiger partial charge in [-0.2, -0.15) is 0 Å². The molecule has 0 unspecified atom stereocenters. The summed E-state index contributed by atoms with van der Waals surface area (Å²) in [6.07, 6.45) is 1.18. The molecule has 0 spiro atoms. The maximum absolute atomic E-state index is 11.7. The number of aryl methyl sites for hydroxylation is 1. The fourth-order valence-electron chi connectivity index (χ4n) is 2.80. The maximum atomic E-state index is 11.7. The molecule has 2 aromatic rings. The molecule has 1 aliphatic carbocycles. The molecule has 23 heavy (non-hydrogen) atoms. The molecule has 0 radical (unpaired) electrons. The summed E-state index contributed by atoms with van der Waals surface area (Å²) in [6, 6.07) is 10.0. The van der Waals surface area contributed by atoms with Gasteiger partial charge in [0.25, 0.3) is 0 Å². The molecular formula is C17H15N3O3. The van der Waals surface area contributed by atoms with Gasteiger partial charge in [0.15, 0.2) is 11.7 Å². The van der Waals surface area contributed by atoms with Gasteiger partial charge >= 0.3 is 5.97 Å². The molecule has 0 bridgehead atoms. The first-order chi connectivity index (χ1) is 11.0. The third-order valence-corrected chi connectivity index (χ3v) is 3.83. The minimum absolute atomic E-state index is 0.0985. The Labute approximate surface area is 132 Å². The first kappa shape index (κ1) is 14.8. The normalized spacial score (nSPS) is 12.8. The van der Waals surface area contributed by atoms with Crippen LogP contribution < -0.4 is 11.5 Å². The van der Waals surface area contributed by atoms with Crippen LogP contribution in [0, 0.1) is 0 Å². The summed E-state index contributed by atoms with van der Waals surface area (Å²) >= 11 is 0. The number of benzene rings is 2. The van der Waals surface area contributed by atoms with E-state index in [1.54, 1.807) is 24.3 Å². The van der Waals surface area contributed by atoms with Crippen LogP contribution in [0.5, 0.6) is 0 Å². The SMILES string of the molecule is NC(N)=Nc1ccc(C(=O)O)c(-c2ccc3c(c2)CCC3=O)c1. The van der Waals surface area contributed by atoms with Crippen molar-refractivity contribution in [1.29, 1.82) is 0 Å². The highest BCUT2D eigenvalue weighted by atomic mass is 16.4. The van der Waals surface area contributed by atoms with E-state index in [1.807, 2.05) is 6.07 Å². The van der Waals surface area contributed by atoms with Crippen LogP contribution in [0.25, 0.3) is 11.1 Å².